The molecule has 0 radical (unpaired) electrons. The van der Waals surface area contributed by atoms with E-state index in [1.807, 2.05) is 0 Å². The summed E-state index contributed by atoms with van der Waals surface area (Å²) in [6, 6.07) is 2.48. The van der Waals surface area contributed by atoms with Gasteiger partial charge in [-0.3, -0.25) is 4.79 Å². The number of carbonyl (C=O) groups excluding carboxylic acids is 1. The average Bonchev–Trinajstić information content (AvgIpc) is 2.56. The minimum atomic E-state index is -1.03. The second kappa shape index (κ2) is 7.28. The van der Waals surface area contributed by atoms with Crippen LogP contribution < -0.4 is 0 Å². The Labute approximate surface area is 131 Å². The number of amidine groups is 1. The summed E-state index contributed by atoms with van der Waals surface area (Å²) in [5.41, 5.74) is 0.637. The van der Waals surface area contributed by atoms with Gasteiger partial charge in [-0.05, 0) is 17.7 Å². The van der Waals surface area contributed by atoms with Crippen molar-refractivity contribution in [1.29, 1.82) is 0 Å². The molecule has 2 atom stereocenters. The average molecular weight is 326 g/mol. The summed E-state index contributed by atoms with van der Waals surface area (Å²) in [6.45, 7) is 0.0440. The lowest BCUT2D eigenvalue weighted by molar-refractivity contribution is -0.143. The molecule has 2 unspecified atom stereocenters. The van der Waals surface area contributed by atoms with Crippen LogP contribution in [0.4, 0.5) is 8.78 Å². The third-order valence-corrected chi connectivity index (χ3v) is 3.38. The molecule has 2 rings (SSSR count). The van der Waals surface area contributed by atoms with E-state index < -0.39 is 29.6 Å². The molecule has 0 amide bonds. The van der Waals surface area contributed by atoms with Gasteiger partial charge in [-0.2, -0.15) is 0 Å². The summed E-state index contributed by atoms with van der Waals surface area (Å²) >= 11 is 0. The van der Waals surface area contributed by atoms with E-state index in [1.165, 1.54) is 27.4 Å². The first-order chi connectivity index (χ1) is 11.0. The highest BCUT2D eigenvalue weighted by molar-refractivity contribution is 6.09. The molecule has 0 spiro atoms. The van der Waals surface area contributed by atoms with Crippen molar-refractivity contribution in [3.8, 4) is 0 Å². The summed E-state index contributed by atoms with van der Waals surface area (Å²) in [6.07, 6.45) is 0. The third-order valence-electron chi connectivity index (χ3n) is 3.38. The Kier molecular flexibility index (Phi) is 5.38. The molecule has 0 saturated carbocycles. The second-order valence-corrected chi connectivity index (χ2v) is 4.77. The van der Waals surface area contributed by atoms with Gasteiger partial charge in [0.15, 0.2) is 11.6 Å². The van der Waals surface area contributed by atoms with Crippen LogP contribution in [0.3, 0.4) is 0 Å². The van der Waals surface area contributed by atoms with Crippen molar-refractivity contribution in [2.75, 3.05) is 27.9 Å². The van der Waals surface area contributed by atoms with Crippen molar-refractivity contribution in [3.05, 3.63) is 35.4 Å². The lowest BCUT2D eigenvalue weighted by atomic mass is 9.88. The van der Waals surface area contributed by atoms with Crippen LogP contribution >= 0.6 is 0 Å². The lowest BCUT2D eigenvalue weighted by Crippen LogP contribution is -2.37. The zero-order valence-corrected chi connectivity index (χ0v) is 12.9. The molecule has 0 N–H and O–H groups in total. The number of hydrogen-bond donors (Lipinski definition) is 0. The highest BCUT2D eigenvalue weighted by Crippen LogP contribution is 2.32. The standard InChI is InChI=1S/C15H16F2N2O4/c1-21-7-11-12(14(20)22-2)13(19-15(18-11)23-3)8-4-5-9(16)10(17)6-8/h4-6,12-13H,7H2,1-3H3. The van der Waals surface area contributed by atoms with Crippen LogP contribution in [0.5, 0.6) is 0 Å². The fourth-order valence-corrected chi connectivity index (χ4v) is 2.32. The number of benzene rings is 1. The second-order valence-electron chi connectivity index (χ2n) is 4.77. The zero-order valence-electron chi connectivity index (χ0n) is 12.9. The SMILES string of the molecule is COCC1=NC(OC)=NC(c2ccc(F)c(F)c2)C1C(=O)OC. The molecule has 1 heterocycles. The number of rotatable bonds is 4. The minimum absolute atomic E-state index is 0.0203. The molecule has 0 bridgehead atoms. The third kappa shape index (κ3) is 3.53. The van der Waals surface area contributed by atoms with Crippen LogP contribution in [-0.4, -0.2) is 45.6 Å². The Morgan fingerprint density at radius 1 is 1.22 bits per heavy atom. The largest absolute Gasteiger partial charge is 0.468 e. The zero-order chi connectivity index (χ0) is 17.0. The molecule has 1 aliphatic rings. The molecule has 0 aliphatic carbocycles. The van der Waals surface area contributed by atoms with E-state index in [9.17, 15) is 13.6 Å². The van der Waals surface area contributed by atoms with E-state index in [0.717, 1.165) is 12.1 Å². The smallest absolute Gasteiger partial charge is 0.317 e. The molecule has 1 aliphatic heterocycles. The monoisotopic (exact) mass is 326 g/mol. The van der Waals surface area contributed by atoms with E-state index >= 15 is 0 Å². The van der Waals surface area contributed by atoms with Crippen molar-refractivity contribution >= 4 is 17.7 Å². The number of nitrogens with zero attached hydrogens (tertiary/aromatic N) is 2. The topological polar surface area (TPSA) is 69.5 Å². The van der Waals surface area contributed by atoms with Crippen molar-refractivity contribution < 1.29 is 27.8 Å². The number of ether oxygens (including phenoxy) is 3. The predicted octanol–water partition coefficient (Wildman–Crippen LogP) is 1.90. The minimum Gasteiger partial charge on any atom is -0.468 e. The number of esters is 1. The summed E-state index contributed by atoms with van der Waals surface area (Å²) < 4.78 is 41.6. The molecular formula is C15H16F2N2O4. The molecule has 8 heteroatoms. The maximum absolute atomic E-state index is 13.5. The molecule has 1 aromatic rings. The van der Waals surface area contributed by atoms with Crippen LogP contribution in [0.2, 0.25) is 0 Å². The number of hydrogen-bond acceptors (Lipinski definition) is 6. The lowest BCUT2D eigenvalue weighted by Gasteiger charge is -2.27. The number of methoxy groups -OCH3 is 3. The number of carbonyl (C=O) groups is 1. The number of halogens is 2. The number of aliphatic imine (C=N–C) groups is 2. The molecule has 124 valence electrons. The maximum atomic E-state index is 13.5. The van der Waals surface area contributed by atoms with E-state index in [0.29, 0.717) is 11.3 Å². The van der Waals surface area contributed by atoms with Crippen LogP contribution in [0, 0.1) is 17.6 Å². The van der Waals surface area contributed by atoms with Gasteiger partial charge in [0.1, 0.15) is 5.92 Å². The first kappa shape index (κ1) is 17.0. The summed E-state index contributed by atoms with van der Waals surface area (Å²) in [5.74, 6) is -3.53. The summed E-state index contributed by atoms with van der Waals surface area (Å²) in [5, 5.41) is 0. The van der Waals surface area contributed by atoms with E-state index in [1.54, 1.807) is 0 Å². The van der Waals surface area contributed by atoms with E-state index in [4.69, 9.17) is 14.2 Å². The van der Waals surface area contributed by atoms with Gasteiger partial charge < -0.3 is 14.2 Å². The Bertz CT molecular complexity index is 661. The van der Waals surface area contributed by atoms with Gasteiger partial charge >= 0.3 is 12.0 Å². The van der Waals surface area contributed by atoms with Gasteiger partial charge in [0.2, 0.25) is 0 Å². The van der Waals surface area contributed by atoms with Crippen LogP contribution in [0.1, 0.15) is 11.6 Å². The molecule has 0 saturated heterocycles. The van der Waals surface area contributed by atoms with Crippen molar-refractivity contribution in [2.24, 2.45) is 15.9 Å². The van der Waals surface area contributed by atoms with Crippen LogP contribution in [-0.2, 0) is 19.0 Å². The normalized spacial score (nSPS) is 20.6. The van der Waals surface area contributed by atoms with Gasteiger partial charge in [-0.15, -0.1) is 0 Å². The van der Waals surface area contributed by atoms with Crippen LogP contribution in [0.25, 0.3) is 0 Å². The van der Waals surface area contributed by atoms with Crippen molar-refractivity contribution in [2.45, 2.75) is 6.04 Å². The van der Waals surface area contributed by atoms with Gasteiger partial charge in [0.25, 0.3) is 0 Å². The van der Waals surface area contributed by atoms with E-state index in [2.05, 4.69) is 9.98 Å². The van der Waals surface area contributed by atoms with Gasteiger partial charge in [0, 0.05) is 7.11 Å². The molecule has 0 aromatic heterocycles. The summed E-state index contributed by atoms with van der Waals surface area (Å²) in [4.78, 5) is 20.4. The molecule has 1 aromatic carbocycles. The molecule has 0 fully saturated rings. The fraction of sp³-hybridized carbons (Fsp3) is 0.400. The summed E-state index contributed by atoms with van der Waals surface area (Å²) in [7, 11) is 4.04. The van der Waals surface area contributed by atoms with Gasteiger partial charge in [-0.25, -0.2) is 18.8 Å². The maximum Gasteiger partial charge on any atom is 0.317 e. The highest BCUT2D eigenvalue weighted by Gasteiger charge is 2.38. The Morgan fingerprint density at radius 3 is 2.52 bits per heavy atom. The molecule has 23 heavy (non-hydrogen) atoms. The molecule has 6 nitrogen and oxygen atoms in total. The Balaban J connectivity index is 2.51. The quantitative estimate of drug-likeness (QED) is 0.793. The van der Waals surface area contributed by atoms with Crippen LogP contribution in [0.15, 0.2) is 28.2 Å². The predicted molar refractivity (Wildman–Crippen MR) is 78.4 cm³/mol. The fourth-order valence-electron chi connectivity index (χ4n) is 2.32. The van der Waals surface area contributed by atoms with Crippen molar-refractivity contribution in [1.82, 2.24) is 0 Å². The van der Waals surface area contributed by atoms with Gasteiger partial charge in [-0.1, -0.05) is 6.07 Å². The highest BCUT2D eigenvalue weighted by atomic mass is 19.2. The van der Waals surface area contributed by atoms with E-state index in [-0.39, 0.29) is 12.6 Å². The van der Waals surface area contributed by atoms with Crippen molar-refractivity contribution in [3.63, 3.8) is 0 Å². The Hall–Kier alpha value is -2.35. The first-order valence-electron chi connectivity index (χ1n) is 6.72. The Morgan fingerprint density at radius 2 is 1.96 bits per heavy atom. The van der Waals surface area contributed by atoms with Gasteiger partial charge in [0.05, 0.1) is 32.6 Å². The first-order valence-corrected chi connectivity index (χ1v) is 6.72. The molecular weight excluding hydrogens is 310 g/mol.